The third kappa shape index (κ3) is 3.70. The Hall–Kier alpha value is -3.70. The molecule has 0 saturated carbocycles. The van der Waals surface area contributed by atoms with Gasteiger partial charge in [-0.1, -0.05) is 0 Å². The van der Waals surface area contributed by atoms with Gasteiger partial charge in [-0.2, -0.15) is 17.9 Å². The molecule has 12 heteroatoms. The Kier molecular flexibility index (Phi) is 4.86. The Morgan fingerprint density at radius 1 is 1.11 bits per heavy atom. The molecule has 0 unspecified atom stereocenters. The van der Waals surface area contributed by atoms with E-state index in [-0.39, 0.29) is 11.6 Å². The quantitative estimate of drug-likeness (QED) is 0.482. The summed E-state index contributed by atoms with van der Waals surface area (Å²) in [6.07, 6.45) is -3.88. The summed E-state index contributed by atoms with van der Waals surface area (Å²) in [5.74, 6) is -0.356. The lowest BCUT2D eigenvalue weighted by atomic mass is 10.1. The van der Waals surface area contributed by atoms with E-state index < -0.39 is 28.4 Å². The van der Waals surface area contributed by atoms with E-state index in [0.717, 1.165) is 24.1 Å². The van der Waals surface area contributed by atoms with Gasteiger partial charge in [0.15, 0.2) is 5.69 Å². The van der Waals surface area contributed by atoms with Gasteiger partial charge in [0.25, 0.3) is 5.95 Å². The molecule has 28 heavy (non-hydrogen) atoms. The summed E-state index contributed by atoms with van der Waals surface area (Å²) in [6, 6.07) is 6.95. The largest absolute Gasteiger partial charge is 0.497 e. The van der Waals surface area contributed by atoms with Crippen molar-refractivity contribution in [2.75, 3.05) is 14.2 Å². The highest BCUT2D eigenvalue weighted by Gasteiger charge is 2.34. The molecule has 0 bridgehead atoms. The molecular formula is C16H12F3N5O4. The Balaban J connectivity index is 2.17. The number of hydrogen-bond donors (Lipinski definition) is 0. The van der Waals surface area contributed by atoms with Gasteiger partial charge in [0.2, 0.25) is 0 Å². The van der Waals surface area contributed by atoms with Crippen molar-refractivity contribution in [2.45, 2.75) is 6.18 Å². The number of halogens is 3. The second kappa shape index (κ2) is 7.13. The van der Waals surface area contributed by atoms with E-state index in [4.69, 9.17) is 9.47 Å². The molecule has 2 aromatic heterocycles. The zero-order chi connectivity index (χ0) is 20.5. The van der Waals surface area contributed by atoms with E-state index in [2.05, 4.69) is 15.1 Å². The summed E-state index contributed by atoms with van der Waals surface area (Å²) in [5, 5.41) is 14.8. The number of aromatic nitrogens is 4. The molecule has 0 atom stereocenters. The normalized spacial score (nSPS) is 11.3. The maximum absolute atomic E-state index is 13.3. The van der Waals surface area contributed by atoms with E-state index in [1.54, 1.807) is 12.1 Å². The standard InChI is InChI=1S/C16H12F3N5O4/c1-27-10-5-3-9(4-6-10)11-7-13(16(17,18)19)21-15(20-11)23-8-12(24(25)26)14(22-23)28-2/h3-8H,1-2H3. The second-order valence-corrected chi connectivity index (χ2v) is 5.39. The highest BCUT2D eigenvalue weighted by molar-refractivity contribution is 5.61. The van der Waals surface area contributed by atoms with Crippen molar-refractivity contribution in [3.8, 4) is 28.8 Å². The van der Waals surface area contributed by atoms with Crippen molar-refractivity contribution >= 4 is 5.69 Å². The molecular weight excluding hydrogens is 383 g/mol. The van der Waals surface area contributed by atoms with Gasteiger partial charge in [0, 0.05) is 5.56 Å². The predicted molar refractivity (Wildman–Crippen MR) is 89.4 cm³/mol. The highest BCUT2D eigenvalue weighted by Crippen LogP contribution is 2.32. The lowest BCUT2D eigenvalue weighted by molar-refractivity contribution is -0.385. The predicted octanol–water partition coefficient (Wildman–Crippen LogP) is 3.27. The van der Waals surface area contributed by atoms with Gasteiger partial charge in [0.1, 0.15) is 11.9 Å². The lowest BCUT2D eigenvalue weighted by Gasteiger charge is -2.10. The van der Waals surface area contributed by atoms with Gasteiger partial charge in [-0.3, -0.25) is 10.1 Å². The first-order chi connectivity index (χ1) is 13.2. The summed E-state index contributed by atoms with van der Waals surface area (Å²) in [5.41, 5.74) is -1.43. The molecule has 0 spiro atoms. The van der Waals surface area contributed by atoms with Crippen molar-refractivity contribution < 1.29 is 27.6 Å². The minimum Gasteiger partial charge on any atom is -0.497 e. The molecule has 3 rings (SSSR count). The van der Waals surface area contributed by atoms with Gasteiger partial charge < -0.3 is 9.47 Å². The number of ether oxygens (including phenoxy) is 2. The summed E-state index contributed by atoms with van der Waals surface area (Å²) in [6.45, 7) is 0. The Bertz CT molecular complexity index is 1020. The van der Waals surface area contributed by atoms with Crippen molar-refractivity contribution in [3.05, 3.63) is 52.3 Å². The monoisotopic (exact) mass is 395 g/mol. The number of rotatable bonds is 5. The zero-order valence-corrected chi connectivity index (χ0v) is 14.5. The van der Waals surface area contributed by atoms with Gasteiger partial charge in [0.05, 0.1) is 24.8 Å². The summed E-state index contributed by atoms with van der Waals surface area (Å²) in [4.78, 5) is 17.8. The fourth-order valence-electron chi connectivity index (χ4n) is 2.31. The van der Waals surface area contributed by atoms with Crippen molar-refractivity contribution in [2.24, 2.45) is 0 Å². The first-order valence-electron chi connectivity index (χ1n) is 7.62. The first-order valence-corrected chi connectivity index (χ1v) is 7.62. The molecule has 3 aromatic rings. The molecule has 0 fully saturated rings. The Labute approximate surface area is 155 Å². The van der Waals surface area contributed by atoms with Crippen LogP contribution in [0.5, 0.6) is 11.6 Å². The lowest BCUT2D eigenvalue weighted by Crippen LogP contribution is -2.13. The van der Waals surface area contributed by atoms with Crippen molar-refractivity contribution in [3.63, 3.8) is 0 Å². The van der Waals surface area contributed by atoms with Crippen molar-refractivity contribution in [1.82, 2.24) is 19.7 Å². The maximum Gasteiger partial charge on any atom is 0.433 e. The van der Waals surface area contributed by atoms with Gasteiger partial charge in [-0.15, -0.1) is 5.10 Å². The molecule has 0 aliphatic rings. The zero-order valence-electron chi connectivity index (χ0n) is 14.5. The van der Waals surface area contributed by atoms with Gasteiger partial charge in [-0.05, 0) is 30.3 Å². The molecule has 0 aliphatic heterocycles. The number of hydrogen-bond acceptors (Lipinski definition) is 7. The van der Waals surface area contributed by atoms with Crippen LogP contribution in [0.15, 0.2) is 36.5 Å². The van der Waals surface area contributed by atoms with E-state index >= 15 is 0 Å². The molecule has 0 N–H and O–H groups in total. The van der Waals surface area contributed by atoms with Crippen LogP contribution in [-0.2, 0) is 6.18 Å². The average Bonchev–Trinajstić information content (AvgIpc) is 3.12. The molecule has 0 aliphatic carbocycles. The molecule has 146 valence electrons. The average molecular weight is 395 g/mol. The van der Waals surface area contributed by atoms with Crippen LogP contribution in [0.4, 0.5) is 18.9 Å². The minimum atomic E-state index is -4.76. The van der Waals surface area contributed by atoms with Crippen LogP contribution in [0, 0.1) is 10.1 Å². The van der Waals surface area contributed by atoms with E-state index in [9.17, 15) is 23.3 Å². The van der Waals surface area contributed by atoms with Crippen LogP contribution >= 0.6 is 0 Å². The fraction of sp³-hybridized carbons (Fsp3) is 0.188. The second-order valence-electron chi connectivity index (χ2n) is 5.39. The molecule has 1 aromatic carbocycles. The Morgan fingerprint density at radius 2 is 1.79 bits per heavy atom. The first kappa shape index (κ1) is 19.1. The van der Waals surface area contributed by atoms with Crippen LogP contribution in [0.3, 0.4) is 0 Å². The summed E-state index contributed by atoms with van der Waals surface area (Å²) >= 11 is 0. The molecule has 0 radical (unpaired) electrons. The van der Waals surface area contributed by atoms with E-state index in [1.165, 1.54) is 19.2 Å². The third-order valence-corrected chi connectivity index (χ3v) is 3.65. The fourth-order valence-corrected chi connectivity index (χ4v) is 2.31. The Morgan fingerprint density at radius 3 is 2.29 bits per heavy atom. The smallest absolute Gasteiger partial charge is 0.433 e. The van der Waals surface area contributed by atoms with Crippen LogP contribution in [0.2, 0.25) is 0 Å². The summed E-state index contributed by atoms with van der Waals surface area (Å²) in [7, 11) is 2.60. The number of benzene rings is 1. The van der Waals surface area contributed by atoms with Gasteiger partial charge >= 0.3 is 17.7 Å². The van der Waals surface area contributed by atoms with Crippen molar-refractivity contribution in [1.29, 1.82) is 0 Å². The molecule has 9 nitrogen and oxygen atoms in total. The molecule has 2 heterocycles. The number of nitro groups is 1. The topological polar surface area (TPSA) is 105 Å². The van der Waals surface area contributed by atoms with Crippen LogP contribution in [0.25, 0.3) is 17.2 Å². The van der Waals surface area contributed by atoms with Crippen LogP contribution in [-0.4, -0.2) is 38.9 Å². The number of nitrogens with zero attached hydrogens (tertiary/aromatic N) is 5. The SMILES string of the molecule is COc1ccc(-c2cc(C(F)(F)F)nc(-n3cc([N+](=O)[O-])c(OC)n3)n2)cc1. The number of methoxy groups -OCH3 is 2. The van der Waals surface area contributed by atoms with E-state index in [0.29, 0.717) is 11.3 Å². The third-order valence-electron chi connectivity index (χ3n) is 3.65. The maximum atomic E-state index is 13.3. The summed E-state index contributed by atoms with van der Waals surface area (Å²) < 4.78 is 50.5. The highest BCUT2D eigenvalue weighted by atomic mass is 19.4. The van der Waals surface area contributed by atoms with Crippen LogP contribution < -0.4 is 9.47 Å². The number of alkyl halides is 3. The van der Waals surface area contributed by atoms with Gasteiger partial charge in [-0.25, -0.2) is 9.97 Å². The van der Waals surface area contributed by atoms with Crippen LogP contribution in [0.1, 0.15) is 5.69 Å². The minimum absolute atomic E-state index is 0.0444. The molecule has 0 amide bonds. The molecule has 0 saturated heterocycles. The van der Waals surface area contributed by atoms with E-state index in [1.807, 2.05) is 0 Å².